The Morgan fingerprint density at radius 1 is 0.800 bits per heavy atom. The fourth-order valence-electron chi connectivity index (χ4n) is 2.48. The molecule has 20 heavy (non-hydrogen) atoms. The molecule has 0 aliphatic rings. The third kappa shape index (κ3) is 1.77. The summed E-state index contributed by atoms with van der Waals surface area (Å²) in [4.78, 5) is 0. The van der Waals surface area contributed by atoms with Crippen LogP contribution in [-0.2, 0) is 0 Å². The summed E-state index contributed by atoms with van der Waals surface area (Å²) in [5.74, 6) is 1.21. The zero-order valence-corrected chi connectivity index (χ0v) is 11.2. The molecule has 0 radical (unpaired) electrons. The first-order valence-electron chi connectivity index (χ1n) is 6.14. The molecule has 0 heterocycles. The zero-order valence-electron chi connectivity index (χ0n) is 11.2. The van der Waals surface area contributed by atoms with Gasteiger partial charge in [-0.1, -0.05) is 12.1 Å². The molecular weight excluding hydrogens is 256 g/mol. The first-order chi connectivity index (χ1) is 9.63. The molecule has 4 nitrogen and oxygen atoms in total. The van der Waals surface area contributed by atoms with Crippen LogP contribution in [0.1, 0.15) is 0 Å². The minimum absolute atomic E-state index is 0.0719. The van der Waals surface area contributed by atoms with Crippen molar-refractivity contribution in [2.45, 2.75) is 0 Å². The molecule has 2 N–H and O–H groups in total. The first kappa shape index (κ1) is 12.4. The predicted molar refractivity (Wildman–Crippen MR) is 77.9 cm³/mol. The minimum Gasteiger partial charge on any atom is -0.508 e. The highest BCUT2D eigenvalue weighted by Crippen LogP contribution is 2.40. The molecule has 102 valence electrons. The SMILES string of the molecule is COc1cc2ccc3cc(O)cc(OC)c3c2cc1O. The van der Waals surface area contributed by atoms with Gasteiger partial charge in [-0.05, 0) is 34.4 Å². The van der Waals surface area contributed by atoms with E-state index < -0.39 is 0 Å². The van der Waals surface area contributed by atoms with E-state index in [0.29, 0.717) is 11.5 Å². The molecule has 0 aliphatic carbocycles. The second-order valence-electron chi connectivity index (χ2n) is 4.56. The number of phenolic OH excluding ortho intramolecular Hbond substituents is 2. The van der Waals surface area contributed by atoms with E-state index in [0.717, 1.165) is 21.5 Å². The Morgan fingerprint density at radius 2 is 1.50 bits per heavy atom. The smallest absolute Gasteiger partial charge is 0.161 e. The third-order valence-electron chi connectivity index (χ3n) is 3.40. The van der Waals surface area contributed by atoms with Crippen LogP contribution in [0.3, 0.4) is 0 Å². The van der Waals surface area contributed by atoms with Crippen LogP contribution in [0, 0.1) is 0 Å². The Labute approximate surface area is 115 Å². The van der Waals surface area contributed by atoms with Crippen molar-refractivity contribution in [1.82, 2.24) is 0 Å². The molecule has 0 saturated heterocycles. The van der Waals surface area contributed by atoms with Gasteiger partial charge in [0, 0.05) is 11.5 Å². The maximum Gasteiger partial charge on any atom is 0.161 e. The van der Waals surface area contributed by atoms with Gasteiger partial charge < -0.3 is 19.7 Å². The lowest BCUT2D eigenvalue weighted by Gasteiger charge is -2.11. The van der Waals surface area contributed by atoms with Crippen molar-refractivity contribution in [3.8, 4) is 23.0 Å². The summed E-state index contributed by atoms with van der Waals surface area (Å²) in [7, 11) is 3.07. The number of fused-ring (bicyclic) bond motifs is 3. The molecule has 3 aromatic rings. The Morgan fingerprint density at radius 3 is 2.20 bits per heavy atom. The zero-order chi connectivity index (χ0) is 14.3. The highest BCUT2D eigenvalue weighted by molar-refractivity contribution is 6.11. The maximum atomic E-state index is 9.97. The van der Waals surface area contributed by atoms with Crippen molar-refractivity contribution in [3.05, 3.63) is 36.4 Å². The molecule has 0 spiro atoms. The van der Waals surface area contributed by atoms with Gasteiger partial charge in [0.1, 0.15) is 11.5 Å². The van der Waals surface area contributed by atoms with Crippen LogP contribution < -0.4 is 9.47 Å². The third-order valence-corrected chi connectivity index (χ3v) is 3.40. The molecule has 0 fully saturated rings. The van der Waals surface area contributed by atoms with Crippen LogP contribution in [0.2, 0.25) is 0 Å². The van der Waals surface area contributed by atoms with Gasteiger partial charge in [-0.25, -0.2) is 0 Å². The van der Waals surface area contributed by atoms with E-state index in [4.69, 9.17) is 9.47 Å². The van der Waals surface area contributed by atoms with Gasteiger partial charge in [-0.15, -0.1) is 0 Å². The number of methoxy groups -OCH3 is 2. The molecule has 0 atom stereocenters. The fraction of sp³-hybridized carbons (Fsp3) is 0.125. The summed E-state index contributed by atoms with van der Waals surface area (Å²) < 4.78 is 10.5. The van der Waals surface area contributed by atoms with Crippen molar-refractivity contribution < 1.29 is 19.7 Å². The van der Waals surface area contributed by atoms with Gasteiger partial charge in [0.15, 0.2) is 11.5 Å². The van der Waals surface area contributed by atoms with Gasteiger partial charge >= 0.3 is 0 Å². The van der Waals surface area contributed by atoms with E-state index in [9.17, 15) is 10.2 Å². The first-order valence-corrected chi connectivity index (χ1v) is 6.14. The second-order valence-corrected chi connectivity index (χ2v) is 4.56. The van der Waals surface area contributed by atoms with Crippen molar-refractivity contribution in [1.29, 1.82) is 0 Å². The summed E-state index contributed by atoms with van der Waals surface area (Å²) >= 11 is 0. The van der Waals surface area contributed by atoms with Gasteiger partial charge in [0.05, 0.1) is 14.2 Å². The summed E-state index contributed by atoms with van der Waals surface area (Å²) in [6.07, 6.45) is 0. The van der Waals surface area contributed by atoms with Gasteiger partial charge in [0.2, 0.25) is 0 Å². The summed E-state index contributed by atoms with van der Waals surface area (Å²) in [5, 5.41) is 23.1. The number of aromatic hydroxyl groups is 2. The van der Waals surface area contributed by atoms with E-state index >= 15 is 0 Å². The number of phenols is 2. The Balaban J connectivity index is 2.48. The lowest BCUT2D eigenvalue weighted by atomic mass is 10.00. The molecule has 0 aromatic heterocycles. The standard InChI is InChI=1S/C16H14O4/c1-19-14-6-9-3-4-10-5-11(17)7-15(20-2)16(10)12(9)8-13(14)18/h3-8,17-18H,1-2H3. The number of rotatable bonds is 2. The van der Waals surface area contributed by atoms with E-state index in [1.165, 1.54) is 7.11 Å². The normalized spacial score (nSPS) is 10.9. The molecule has 3 rings (SSSR count). The van der Waals surface area contributed by atoms with E-state index in [2.05, 4.69) is 0 Å². The second kappa shape index (κ2) is 4.49. The number of hydrogen-bond acceptors (Lipinski definition) is 4. The molecule has 0 aliphatic heterocycles. The predicted octanol–water partition coefficient (Wildman–Crippen LogP) is 3.42. The van der Waals surface area contributed by atoms with Crippen molar-refractivity contribution in [3.63, 3.8) is 0 Å². The monoisotopic (exact) mass is 270 g/mol. The van der Waals surface area contributed by atoms with Crippen LogP contribution in [0.5, 0.6) is 23.0 Å². The van der Waals surface area contributed by atoms with Crippen LogP contribution in [0.25, 0.3) is 21.5 Å². The van der Waals surface area contributed by atoms with Crippen molar-refractivity contribution >= 4 is 21.5 Å². The molecule has 3 aromatic carbocycles. The van der Waals surface area contributed by atoms with E-state index in [1.807, 2.05) is 12.1 Å². The Kier molecular flexibility index (Phi) is 2.79. The van der Waals surface area contributed by atoms with Gasteiger partial charge in [-0.3, -0.25) is 0 Å². The number of ether oxygens (including phenoxy) is 2. The maximum absolute atomic E-state index is 9.97. The minimum atomic E-state index is 0.0719. The van der Waals surface area contributed by atoms with Crippen LogP contribution in [0.4, 0.5) is 0 Å². The van der Waals surface area contributed by atoms with Gasteiger partial charge in [0.25, 0.3) is 0 Å². The fourth-order valence-corrected chi connectivity index (χ4v) is 2.48. The highest BCUT2D eigenvalue weighted by Gasteiger charge is 2.11. The molecular formula is C16H14O4. The van der Waals surface area contributed by atoms with E-state index in [-0.39, 0.29) is 11.5 Å². The quantitative estimate of drug-likeness (QED) is 0.700. The lowest BCUT2D eigenvalue weighted by Crippen LogP contribution is -1.88. The lowest BCUT2D eigenvalue weighted by molar-refractivity contribution is 0.374. The number of hydrogen-bond donors (Lipinski definition) is 2. The molecule has 4 heteroatoms. The van der Waals surface area contributed by atoms with Crippen LogP contribution >= 0.6 is 0 Å². The summed E-state index contributed by atoms with van der Waals surface area (Å²) in [6.45, 7) is 0. The Hall–Kier alpha value is -2.62. The Bertz CT molecular complexity index is 809. The topological polar surface area (TPSA) is 58.9 Å². The molecule has 0 unspecified atom stereocenters. The number of benzene rings is 3. The van der Waals surface area contributed by atoms with Crippen molar-refractivity contribution in [2.75, 3.05) is 14.2 Å². The van der Waals surface area contributed by atoms with Gasteiger partial charge in [-0.2, -0.15) is 0 Å². The van der Waals surface area contributed by atoms with Crippen molar-refractivity contribution in [2.24, 2.45) is 0 Å². The molecule has 0 saturated carbocycles. The van der Waals surface area contributed by atoms with Crippen LogP contribution in [0.15, 0.2) is 36.4 Å². The highest BCUT2D eigenvalue weighted by atomic mass is 16.5. The van der Waals surface area contributed by atoms with Crippen LogP contribution in [-0.4, -0.2) is 24.4 Å². The average Bonchev–Trinajstić information content (AvgIpc) is 2.45. The average molecular weight is 270 g/mol. The summed E-state index contributed by atoms with van der Waals surface area (Å²) in [5.41, 5.74) is 0. The summed E-state index contributed by atoms with van der Waals surface area (Å²) in [6, 6.07) is 10.5. The van der Waals surface area contributed by atoms with E-state index in [1.54, 1.807) is 31.4 Å². The molecule has 0 amide bonds. The molecule has 0 bridgehead atoms. The largest absolute Gasteiger partial charge is 0.508 e.